The molecule has 1 N–H and O–H groups in total. The Kier molecular flexibility index (Phi) is 6.61. The van der Waals surface area contributed by atoms with Gasteiger partial charge in [-0.2, -0.15) is 5.26 Å². The van der Waals surface area contributed by atoms with Gasteiger partial charge in [0.1, 0.15) is 23.1 Å². The van der Waals surface area contributed by atoms with Gasteiger partial charge in [-0.3, -0.25) is 4.79 Å². The van der Waals surface area contributed by atoms with E-state index in [0.717, 1.165) is 5.56 Å². The molecule has 128 valence electrons. The molecule has 0 atom stereocenters. The minimum atomic E-state index is -0.448. The molecule has 0 spiro atoms. The molecule has 0 aromatic heterocycles. The third-order valence-electron chi connectivity index (χ3n) is 3.47. The Hall–Kier alpha value is -2.78. The number of carbonyl (C=O) groups excluding carboxylic acids is 1. The summed E-state index contributed by atoms with van der Waals surface area (Å²) in [5.74, 6) is 0.652. The van der Waals surface area contributed by atoms with Crippen LogP contribution in [0.3, 0.4) is 0 Å². The van der Waals surface area contributed by atoms with Crippen LogP contribution in [-0.4, -0.2) is 20.1 Å². The standard InChI is InChI=1S/C19H17BrN2O3/c1-24-15-9-17(20)16(18(10-15)25-2)8-14(11-21)19(23)22-12-13-6-4-3-5-7-13/h3-10H,12H2,1-2H3,(H,22,23)/b14-8+. The van der Waals surface area contributed by atoms with Gasteiger partial charge in [0.05, 0.1) is 14.2 Å². The first kappa shape index (κ1) is 18.6. The molecule has 0 saturated heterocycles. The molecule has 2 rings (SSSR count). The molecule has 0 aliphatic carbocycles. The SMILES string of the molecule is COc1cc(Br)c(/C=C(\C#N)C(=O)NCc2ccccc2)c(OC)c1. The van der Waals surface area contributed by atoms with E-state index in [1.54, 1.807) is 19.2 Å². The van der Waals surface area contributed by atoms with E-state index >= 15 is 0 Å². The summed E-state index contributed by atoms with van der Waals surface area (Å²) in [6.45, 7) is 0.347. The summed E-state index contributed by atoms with van der Waals surface area (Å²) in [5, 5.41) is 12.1. The largest absolute Gasteiger partial charge is 0.497 e. The first-order chi connectivity index (χ1) is 12.1. The zero-order valence-electron chi connectivity index (χ0n) is 13.9. The van der Waals surface area contributed by atoms with Crippen LogP contribution in [0, 0.1) is 11.3 Å². The van der Waals surface area contributed by atoms with Crippen LogP contribution in [0.15, 0.2) is 52.5 Å². The van der Waals surface area contributed by atoms with Gasteiger partial charge in [0.2, 0.25) is 0 Å². The van der Waals surface area contributed by atoms with Crippen LogP contribution in [-0.2, 0) is 11.3 Å². The molecule has 0 aliphatic rings. The average molecular weight is 401 g/mol. The summed E-state index contributed by atoms with van der Waals surface area (Å²) in [6, 6.07) is 14.9. The molecule has 0 aliphatic heterocycles. The van der Waals surface area contributed by atoms with Gasteiger partial charge in [-0.15, -0.1) is 0 Å². The lowest BCUT2D eigenvalue weighted by Gasteiger charge is -2.11. The van der Waals surface area contributed by atoms with Crippen molar-refractivity contribution in [1.29, 1.82) is 5.26 Å². The fourth-order valence-corrected chi connectivity index (χ4v) is 2.70. The monoisotopic (exact) mass is 400 g/mol. The van der Waals surface area contributed by atoms with E-state index in [0.29, 0.717) is 28.1 Å². The van der Waals surface area contributed by atoms with E-state index in [-0.39, 0.29) is 5.57 Å². The van der Waals surface area contributed by atoms with Gasteiger partial charge in [0.25, 0.3) is 5.91 Å². The van der Waals surface area contributed by atoms with Crippen molar-refractivity contribution in [1.82, 2.24) is 5.32 Å². The van der Waals surface area contributed by atoms with E-state index in [1.165, 1.54) is 13.2 Å². The highest BCUT2D eigenvalue weighted by Crippen LogP contribution is 2.34. The minimum Gasteiger partial charge on any atom is -0.497 e. The number of amides is 1. The Morgan fingerprint density at radius 3 is 2.56 bits per heavy atom. The second kappa shape index (κ2) is 8.90. The van der Waals surface area contributed by atoms with Crippen LogP contribution < -0.4 is 14.8 Å². The van der Waals surface area contributed by atoms with Crippen LogP contribution in [0.1, 0.15) is 11.1 Å². The summed E-state index contributed by atoms with van der Waals surface area (Å²) in [6.07, 6.45) is 1.49. The summed E-state index contributed by atoms with van der Waals surface area (Å²) in [7, 11) is 3.06. The summed E-state index contributed by atoms with van der Waals surface area (Å²) in [4.78, 5) is 12.3. The highest BCUT2D eigenvalue weighted by atomic mass is 79.9. The lowest BCUT2D eigenvalue weighted by Crippen LogP contribution is -2.23. The van der Waals surface area contributed by atoms with Gasteiger partial charge in [-0.25, -0.2) is 0 Å². The van der Waals surface area contributed by atoms with E-state index in [4.69, 9.17) is 9.47 Å². The topological polar surface area (TPSA) is 71.3 Å². The van der Waals surface area contributed by atoms with Gasteiger partial charge < -0.3 is 14.8 Å². The molecule has 0 bridgehead atoms. The molecular formula is C19H17BrN2O3. The molecular weight excluding hydrogens is 384 g/mol. The lowest BCUT2D eigenvalue weighted by molar-refractivity contribution is -0.117. The molecule has 5 nitrogen and oxygen atoms in total. The first-order valence-corrected chi connectivity index (χ1v) is 8.23. The van der Waals surface area contributed by atoms with Gasteiger partial charge in [0, 0.05) is 22.6 Å². The highest BCUT2D eigenvalue weighted by Gasteiger charge is 2.14. The van der Waals surface area contributed by atoms with Crippen molar-refractivity contribution in [3.05, 3.63) is 63.6 Å². The van der Waals surface area contributed by atoms with Crippen LogP contribution in [0.25, 0.3) is 6.08 Å². The number of carbonyl (C=O) groups is 1. The maximum Gasteiger partial charge on any atom is 0.262 e. The number of methoxy groups -OCH3 is 2. The minimum absolute atomic E-state index is 0.0138. The van der Waals surface area contributed by atoms with Crippen LogP contribution in [0.5, 0.6) is 11.5 Å². The molecule has 2 aromatic rings. The van der Waals surface area contributed by atoms with Crippen molar-refractivity contribution in [2.45, 2.75) is 6.54 Å². The van der Waals surface area contributed by atoms with Crippen LogP contribution in [0.2, 0.25) is 0 Å². The van der Waals surface area contributed by atoms with Gasteiger partial charge in [0.15, 0.2) is 0 Å². The summed E-state index contributed by atoms with van der Waals surface area (Å²) >= 11 is 3.42. The van der Waals surface area contributed by atoms with Crippen molar-refractivity contribution < 1.29 is 14.3 Å². The predicted molar refractivity (Wildman–Crippen MR) is 99.1 cm³/mol. The fourth-order valence-electron chi connectivity index (χ4n) is 2.16. The maximum absolute atomic E-state index is 12.3. The van der Waals surface area contributed by atoms with Gasteiger partial charge in [-0.05, 0) is 33.6 Å². The average Bonchev–Trinajstić information content (AvgIpc) is 2.65. The molecule has 0 saturated carbocycles. The molecule has 25 heavy (non-hydrogen) atoms. The van der Waals surface area contributed by atoms with Crippen molar-refractivity contribution in [2.24, 2.45) is 0 Å². The van der Waals surface area contributed by atoms with E-state index in [9.17, 15) is 10.1 Å². The quantitative estimate of drug-likeness (QED) is 0.592. The van der Waals surface area contributed by atoms with Crippen LogP contribution >= 0.6 is 15.9 Å². The molecule has 0 unspecified atom stereocenters. The third-order valence-corrected chi connectivity index (χ3v) is 4.13. The molecule has 0 radical (unpaired) electrons. The Labute approximate surface area is 155 Å². The number of benzene rings is 2. The number of halogens is 1. The highest BCUT2D eigenvalue weighted by molar-refractivity contribution is 9.10. The number of nitriles is 1. The normalized spacial score (nSPS) is 10.7. The van der Waals surface area contributed by atoms with E-state index in [1.807, 2.05) is 36.4 Å². The second-order valence-electron chi connectivity index (χ2n) is 5.06. The summed E-state index contributed by atoms with van der Waals surface area (Å²) in [5.41, 5.74) is 1.53. The zero-order chi connectivity index (χ0) is 18.2. The van der Waals surface area contributed by atoms with Crippen molar-refractivity contribution in [3.63, 3.8) is 0 Å². The van der Waals surface area contributed by atoms with Crippen molar-refractivity contribution in [2.75, 3.05) is 14.2 Å². The Balaban J connectivity index is 2.25. The number of nitrogens with one attached hydrogen (secondary N) is 1. The smallest absolute Gasteiger partial charge is 0.262 e. The van der Waals surface area contributed by atoms with Gasteiger partial charge in [-0.1, -0.05) is 30.3 Å². The predicted octanol–water partition coefficient (Wildman–Crippen LogP) is 3.69. The Bertz CT molecular complexity index is 827. The number of ether oxygens (including phenoxy) is 2. The maximum atomic E-state index is 12.3. The Morgan fingerprint density at radius 2 is 1.96 bits per heavy atom. The molecule has 0 heterocycles. The number of rotatable bonds is 6. The number of nitrogens with zero attached hydrogens (tertiary/aromatic N) is 1. The van der Waals surface area contributed by atoms with Crippen LogP contribution in [0.4, 0.5) is 0 Å². The molecule has 2 aromatic carbocycles. The molecule has 1 amide bonds. The summed E-state index contributed by atoms with van der Waals surface area (Å²) < 4.78 is 11.2. The molecule has 6 heteroatoms. The van der Waals surface area contributed by atoms with Gasteiger partial charge >= 0.3 is 0 Å². The Morgan fingerprint density at radius 1 is 1.24 bits per heavy atom. The fraction of sp³-hybridized carbons (Fsp3) is 0.158. The van der Waals surface area contributed by atoms with Crippen molar-refractivity contribution in [3.8, 4) is 17.6 Å². The molecule has 0 fully saturated rings. The zero-order valence-corrected chi connectivity index (χ0v) is 15.5. The van der Waals surface area contributed by atoms with E-state index in [2.05, 4.69) is 21.2 Å². The first-order valence-electron chi connectivity index (χ1n) is 7.44. The van der Waals surface area contributed by atoms with Crippen molar-refractivity contribution >= 4 is 27.9 Å². The lowest BCUT2D eigenvalue weighted by atomic mass is 10.1. The second-order valence-corrected chi connectivity index (χ2v) is 5.92. The number of hydrogen-bond acceptors (Lipinski definition) is 4. The van der Waals surface area contributed by atoms with E-state index < -0.39 is 5.91 Å². The third kappa shape index (κ3) is 4.85. The number of hydrogen-bond donors (Lipinski definition) is 1.